The van der Waals surface area contributed by atoms with Crippen LogP contribution >= 0.6 is 0 Å². The van der Waals surface area contributed by atoms with E-state index >= 15 is 0 Å². The highest BCUT2D eigenvalue weighted by Crippen LogP contribution is 2.42. The van der Waals surface area contributed by atoms with Gasteiger partial charge in [-0.1, -0.05) is 44.5 Å². The quantitative estimate of drug-likeness (QED) is 0.0966. The summed E-state index contributed by atoms with van der Waals surface area (Å²) < 4.78 is 29.4. The molecule has 1 aromatic heterocycles. The second-order valence-electron chi connectivity index (χ2n) is 13.3. The van der Waals surface area contributed by atoms with Crippen LogP contribution < -0.4 is 18.9 Å². The number of hydrogen-bond donors (Lipinski definition) is 0. The first-order valence-electron chi connectivity index (χ1n) is 18.7. The van der Waals surface area contributed by atoms with Gasteiger partial charge >= 0.3 is 0 Å². The van der Waals surface area contributed by atoms with Gasteiger partial charge in [0, 0.05) is 37.2 Å². The Morgan fingerprint density at radius 1 is 0.865 bits per heavy atom. The molecule has 1 saturated heterocycles. The lowest BCUT2D eigenvalue weighted by molar-refractivity contribution is 0.0780. The van der Waals surface area contributed by atoms with Crippen LogP contribution in [0.4, 0.5) is 0 Å². The van der Waals surface area contributed by atoms with E-state index in [1.165, 1.54) is 23.9 Å². The molecule has 1 aliphatic heterocycles. The van der Waals surface area contributed by atoms with Gasteiger partial charge in [-0.3, -0.25) is 4.79 Å². The van der Waals surface area contributed by atoms with Crippen molar-refractivity contribution in [1.29, 1.82) is 0 Å². The largest absolute Gasteiger partial charge is 0.497 e. The van der Waals surface area contributed by atoms with Crippen molar-refractivity contribution >= 4 is 16.9 Å². The van der Waals surface area contributed by atoms with Crippen molar-refractivity contribution in [3.05, 3.63) is 77.6 Å². The molecule has 0 bridgehead atoms. The van der Waals surface area contributed by atoms with Crippen LogP contribution in [0.2, 0.25) is 0 Å². The van der Waals surface area contributed by atoms with E-state index < -0.39 is 0 Å². The van der Waals surface area contributed by atoms with Crippen molar-refractivity contribution in [3.8, 4) is 23.0 Å². The molecule has 0 spiro atoms. The number of carbonyl (C=O) groups is 1. The Hall–Kier alpha value is -4.28. The number of methoxy groups -OCH3 is 4. The number of rotatable bonds is 18. The van der Waals surface area contributed by atoms with Crippen molar-refractivity contribution in [2.24, 2.45) is 0 Å². The monoisotopic (exact) mass is 716 g/mol. The number of hydrogen-bond acceptors (Lipinski definition) is 8. The molecule has 52 heavy (non-hydrogen) atoms. The normalized spacial score (nSPS) is 15.4. The van der Waals surface area contributed by atoms with Gasteiger partial charge in [-0.25, -0.2) is 4.98 Å². The molecule has 5 rings (SSSR count). The Bertz CT molecular complexity index is 1660. The van der Waals surface area contributed by atoms with Gasteiger partial charge in [-0.15, -0.1) is 0 Å². The number of benzene rings is 3. The van der Waals surface area contributed by atoms with Crippen LogP contribution in [-0.2, 0) is 16.7 Å². The van der Waals surface area contributed by atoms with Crippen LogP contribution in [0.3, 0.4) is 0 Å². The maximum Gasteiger partial charge on any atom is 0.254 e. The van der Waals surface area contributed by atoms with Gasteiger partial charge < -0.3 is 38.1 Å². The van der Waals surface area contributed by atoms with Crippen LogP contribution in [0.25, 0.3) is 11.0 Å². The molecular formula is C42H60N4O6. The molecule has 2 heterocycles. The molecular weight excluding hydrogens is 656 g/mol. The molecule has 1 amide bonds. The zero-order chi connectivity index (χ0) is 37.5. The number of carbonyl (C=O) groups excluding carboxylic acids is 1. The van der Waals surface area contributed by atoms with Crippen molar-refractivity contribution in [2.75, 3.05) is 74.4 Å². The zero-order valence-electron chi connectivity index (χ0n) is 32.7. The molecule has 10 heteroatoms. The van der Waals surface area contributed by atoms with Gasteiger partial charge in [0.2, 0.25) is 5.75 Å². The third-order valence-electron chi connectivity index (χ3n) is 10.0. The van der Waals surface area contributed by atoms with Gasteiger partial charge in [0.15, 0.2) is 11.5 Å². The number of imidazole rings is 1. The summed E-state index contributed by atoms with van der Waals surface area (Å²) in [5, 5.41) is 0. The summed E-state index contributed by atoms with van der Waals surface area (Å²) >= 11 is 0. The molecule has 1 aliphatic rings. The van der Waals surface area contributed by atoms with Gasteiger partial charge in [-0.05, 0) is 101 Å². The van der Waals surface area contributed by atoms with Gasteiger partial charge in [-0.2, -0.15) is 0 Å². The summed E-state index contributed by atoms with van der Waals surface area (Å²) in [6.45, 7) is 15.5. The Morgan fingerprint density at radius 2 is 1.58 bits per heavy atom. The van der Waals surface area contributed by atoms with E-state index in [9.17, 15) is 4.79 Å². The van der Waals surface area contributed by atoms with E-state index in [0.717, 1.165) is 75.7 Å². The van der Waals surface area contributed by atoms with Crippen LogP contribution in [0.5, 0.6) is 23.0 Å². The molecule has 0 aliphatic carbocycles. The Balaban J connectivity index is 0.000000334. The number of aryl methyl sites for hydroxylation is 1. The Kier molecular flexibility index (Phi) is 15.6. The molecule has 10 nitrogen and oxygen atoms in total. The third-order valence-corrected chi connectivity index (χ3v) is 10.0. The average Bonchev–Trinajstić information content (AvgIpc) is 3.76. The summed E-state index contributed by atoms with van der Waals surface area (Å²) in [5.74, 6) is 3.33. The lowest BCUT2D eigenvalue weighted by atomic mass is 9.76. The van der Waals surface area contributed by atoms with E-state index in [-0.39, 0.29) is 11.3 Å². The fourth-order valence-corrected chi connectivity index (χ4v) is 7.15. The molecule has 4 aromatic rings. The smallest absolute Gasteiger partial charge is 0.254 e. The number of fused-ring (bicyclic) bond motifs is 1. The maximum absolute atomic E-state index is 13.7. The Labute approximate surface area is 311 Å². The van der Waals surface area contributed by atoms with Crippen molar-refractivity contribution < 1.29 is 28.5 Å². The number of aromatic nitrogens is 2. The molecule has 1 fully saturated rings. The highest BCUT2D eigenvalue weighted by molar-refractivity contribution is 5.96. The van der Waals surface area contributed by atoms with Gasteiger partial charge in [0.05, 0.1) is 46.1 Å². The topological polar surface area (TPSA) is 87.5 Å². The predicted octanol–water partition coefficient (Wildman–Crippen LogP) is 7.79. The first kappa shape index (κ1) is 40.5. The van der Waals surface area contributed by atoms with Crippen molar-refractivity contribution in [1.82, 2.24) is 19.4 Å². The standard InChI is InChI=1S/C30H44N2O5.C12H16N2O/c1-7-9-17-31(16-8-2)18-14-30(24-10-12-25(34-3)13-11-24)15-19-32(22-30)29(33)23-20-26(35-4)28(37-6)27(21-23)36-5;1-3-15-9-8-14-10(2)13-11-6-4-5-7-12(11)14/h10-13,20-21H,7-9,14-19,22H2,1-6H3;4-7H,3,8-9H2,1-2H3. The highest BCUT2D eigenvalue weighted by Gasteiger charge is 2.42. The van der Waals surface area contributed by atoms with Gasteiger partial charge in [0.1, 0.15) is 11.6 Å². The average molecular weight is 717 g/mol. The molecule has 284 valence electrons. The van der Waals surface area contributed by atoms with E-state index in [0.29, 0.717) is 35.9 Å². The minimum absolute atomic E-state index is 0.0222. The minimum atomic E-state index is -0.110. The fourth-order valence-electron chi connectivity index (χ4n) is 7.15. The Morgan fingerprint density at radius 3 is 2.19 bits per heavy atom. The number of likely N-dealkylation sites (tertiary alicyclic amines) is 1. The van der Waals surface area contributed by atoms with Crippen LogP contribution in [-0.4, -0.2) is 99.6 Å². The van der Waals surface area contributed by atoms with Crippen molar-refractivity contribution in [3.63, 3.8) is 0 Å². The van der Waals surface area contributed by atoms with Crippen molar-refractivity contribution in [2.45, 2.75) is 71.8 Å². The second kappa shape index (κ2) is 20.1. The maximum atomic E-state index is 13.7. The lowest BCUT2D eigenvalue weighted by Gasteiger charge is -2.33. The van der Waals surface area contributed by atoms with Gasteiger partial charge in [0.25, 0.3) is 5.91 Å². The van der Waals surface area contributed by atoms with E-state index in [2.05, 4.69) is 46.5 Å². The van der Waals surface area contributed by atoms with E-state index in [1.807, 2.05) is 49.1 Å². The molecule has 3 aromatic carbocycles. The van der Waals surface area contributed by atoms with Crippen LogP contribution in [0.15, 0.2) is 60.7 Å². The number of nitrogens with zero attached hydrogens (tertiary/aromatic N) is 4. The number of para-hydroxylation sites is 2. The zero-order valence-corrected chi connectivity index (χ0v) is 32.7. The van der Waals surface area contributed by atoms with Crippen LogP contribution in [0, 0.1) is 6.92 Å². The summed E-state index contributed by atoms with van der Waals surface area (Å²) in [6, 6.07) is 20.1. The molecule has 0 N–H and O–H groups in total. The fraction of sp³-hybridized carbons (Fsp3) is 0.524. The SMILES string of the molecule is CCCCN(CCC)CCC1(c2ccc(OC)cc2)CCN(C(=O)c2cc(OC)c(OC)c(OC)c2)C1.CCOCCn1c(C)nc2ccccc21. The second-order valence-corrected chi connectivity index (χ2v) is 13.3. The first-order valence-corrected chi connectivity index (χ1v) is 18.7. The number of amides is 1. The lowest BCUT2D eigenvalue weighted by Crippen LogP contribution is -2.38. The summed E-state index contributed by atoms with van der Waals surface area (Å²) in [5.41, 5.74) is 3.94. The molecule has 1 unspecified atom stereocenters. The minimum Gasteiger partial charge on any atom is -0.497 e. The third kappa shape index (κ3) is 9.98. The van der Waals surface area contributed by atoms with E-state index in [1.54, 1.807) is 40.6 Å². The number of ether oxygens (including phenoxy) is 5. The summed E-state index contributed by atoms with van der Waals surface area (Å²) in [4.78, 5) is 22.8. The summed E-state index contributed by atoms with van der Waals surface area (Å²) in [6.07, 6.45) is 5.47. The molecule has 0 radical (unpaired) electrons. The molecule has 1 atom stereocenters. The highest BCUT2D eigenvalue weighted by atomic mass is 16.5. The molecule has 0 saturated carbocycles. The number of unbranched alkanes of at least 4 members (excludes halogenated alkanes) is 1. The predicted molar refractivity (Wildman–Crippen MR) is 209 cm³/mol. The van der Waals surface area contributed by atoms with Crippen LogP contribution in [0.1, 0.15) is 74.6 Å². The van der Waals surface area contributed by atoms with E-state index in [4.69, 9.17) is 23.7 Å². The first-order chi connectivity index (χ1) is 25.3. The summed E-state index contributed by atoms with van der Waals surface area (Å²) in [7, 11) is 6.38.